The van der Waals surface area contributed by atoms with E-state index >= 15 is 0 Å². The number of benzene rings is 2. The number of amides is 1. The van der Waals surface area contributed by atoms with Crippen molar-refractivity contribution in [2.24, 2.45) is 5.41 Å². The minimum absolute atomic E-state index is 0.0510. The lowest BCUT2D eigenvalue weighted by atomic mass is 9.99. The SMILES string of the molecule is C=CC(=O)N1CCN(c2nc(OCC3(CN4CCC(F)(F)C4)CC3)nc3c2CCN(c2cccc4cccc(C)c24)C3)CC1. The minimum atomic E-state index is -2.59. The summed E-state index contributed by atoms with van der Waals surface area (Å²) in [6.45, 7) is 11.1. The third kappa shape index (κ3) is 5.72. The Kier molecular flexibility index (Phi) is 7.43. The topological polar surface area (TPSA) is 65.0 Å². The van der Waals surface area contributed by atoms with Crippen molar-refractivity contribution in [3.05, 3.63) is 65.9 Å². The number of hydrogen-bond acceptors (Lipinski definition) is 7. The third-order valence-electron chi connectivity index (χ3n) is 9.79. The number of rotatable bonds is 8. The number of fused-ring (bicyclic) bond motifs is 2. The van der Waals surface area contributed by atoms with Crippen molar-refractivity contribution in [1.82, 2.24) is 19.8 Å². The number of likely N-dealkylation sites (tertiary alicyclic amines) is 1. The minimum Gasteiger partial charge on any atom is -0.463 e. The first-order chi connectivity index (χ1) is 21.2. The van der Waals surface area contributed by atoms with Gasteiger partial charge in [-0.25, -0.2) is 8.78 Å². The maximum Gasteiger partial charge on any atom is 0.318 e. The van der Waals surface area contributed by atoms with Gasteiger partial charge in [0, 0.05) is 74.3 Å². The van der Waals surface area contributed by atoms with E-state index in [0.29, 0.717) is 58.4 Å². The van der Waals surface area contributed by atoms with Crippen molar-refractivity contribution >= 4 is 28.2 Å². The van der Waals surface area contributed by atoms with Gasteiger partial charge in [0.15, 0.2) is 0 Å². The van der Waals surface area contributed by atoms with E-state index in [-0.39, 0.29) is 24.3 Å². The molecule has 0 unspecified atom stereocenters. The molecule has 4 aliphatic rings. The van der Waals surface area contributed by atoms with Gasteiger partial charge in [-0.3, -0.25) is 9.69 Å². The maximum atomic E-state index is 13.8. The van der Waals surface area contributed by atoms with Gasteiger partial charge >= 0.3 is 6.01 Å². The number of alkyl halides is 2. The number of nitrogens with zero attached hydrogens (tertiary/aromatic N) is 6. The lowest BCUT2D eigenvalue weighted by Crippen LogP contribution is -2.49. The van der Waals surface area contributed by atoms with Gasteiger partial charge in [0.25, 0.3) is 5.92 Å². The summed E-state index contributed by atoms with van der Waals surface area (Å²) in [5.74, 6) is -1.76. The molecule has 232 valence electrons. The fourth-order valence-corrected chi connectivity index (χ4v) is 7.12. The van der Waals surface area contributed by atoms with E-state index in [9.17, 15) is 13.6 Å². The second-order valence-electron chi connectivity index (χ2n) is 13.0. The molecule has 0 spiro atoms. The van der Waals surface area contributed by atoms with Gasteiger partial charge in [-0.15, -0.1) is 0 Å². The summed E-state index contributed by atoms with van der Waals surface area (Å²) in [5.41, 5.74) is 4.41. The van der Waals surface area contributed by atoms with Crippen LogP contribution in [0.4, 0.5) is 20.3 Å². The van der Waals surface area contributed by atoms with Crippen LogP contribution in [-0.4, -0.2) is 90.6 Å². The Bertz CT molecular complexity index is 1580. The zero-order valence-corrected chi connectivity index (χ0v) is 25.4. The Morgan fingerprint density at radius 2 is 1.77 bits per heavy atom. The molecule has 1 aliphatic carbocycles. The average Bonchev–Trinajstić information content (AvgIpc) is 3.71. The summed E-state index contributed by atoms with van der Waals surface area (Å²) in [4.78, 5) is 30.5. The van der Waals surface area contributed by atoms with Crippen LogP contribution in [0.25, 0.3) is 10.8 Å². The van der Waals surface area contributed by atoms with Crippen LogP contribution in [0.2, 0.25) is 0 Å². The number of aryl methyl sites for hydroxylation is 1. The lowest BCUT2D eigenvalue weighted by Gasteiger charge is -2.38. The fourth-order valence-electron chi connectivity index (χ4n) is 7.12. The van der Waals surface area contributed by atoms with Crippen LogP contribution in [0.15, 0.2) is 49.1 Å². The normalized spacial score (nSPS) is 20.9. The molecule has 3 aromatic rings. The van der Waals surface area contributed by atoms with E-state index in [0.717, 1.165) is 42.9 Å². The zero-order chi connectivity index (χ0) is 30.5. The van der Waals surface area contributed by atoms with Gasteiger partial charge in [-0.2, -0.15) is 9.97 Å². The largest absolute Gasteiger partial charge is 0.463 e. The standard InChI is InChI=1S/C34H40F2N6O2/c1-3-29(43)40-16-18-41(19-17-40)31-26-10-14-42(28-9-5-8-25-7-4-6-24(2)30(25)28)20-27(26)37-32(38-31)44-23-33(11-12-33)21-39-15-13-34(35,36)22-39/h3-9H,1,10-23H2,2H3. The number of carbonyl (C=O) groups excluding carboxylic acids is 1. The van der Waals surface area contributed by atoms with Crippen molar-refractivity contribution in [2.45, 2.75) is 45.1 Å². The predicted octanol–water partition coefficient (Wildman–Crippen LogP) is 4.84. The number of ether oxygens (including phenoxy) is 1. The summed E-state index contributed by atoms with van der Waals surface area (Å²) in [7, 11) is 0. The molecule has 4 heterocycles. The number of piperazine rings is 1. The van der Waals surface area contributed by atoms with Gasteiger partial charge in [0.1, 0.15) is 5.82 Å². The van der Waals surface area contributed by atoms with E-state index in [2.05, 4.69) is 59.7 Å². The molecule has 0 radical (unpaired) electrons. The van der Waals surface area contributed by atoms with Gasteiger partial charge in [-0.1, -0.05) is 36.9 Å². The second-order valence-corrected chi connectivity index (χ2v) is 13.0. The molecule has 0 N–H and O–H groups in total. The van der Waals surface area contributed by atoms with E-state index in [4.69, 9.17) is 14.7 Å². The van der Waals surface area contributed by atoms with Crippen molar-refractivity contribution in [3.8, 4) is 6.01 Å². The summed E-state index contributed by atoms with van der Waals surface area (Å²) in [6, 6.07) is 13.2. The molecule has 1 saturated carbocycles. The molecule has 3 aliphatic heterocycles. The van der Waals surface area contributed by atoms with Crippen molar-refractivity contribution < 1.29 is 18.3 Å². The Labute approximate surface area is 257 Å². The number of hydrogen-bond donors (Lipinski definition) is 0. The molecule has 2 aromatic carbocycles. The smallest absolute Gasteiger partial charge is 0.318 e. The van der Waals surface area contributed by atoms with Crippen molar-refractivity contribution in [3.63, 3.8) is 0 Å². The van der Waals surface area contributed by atoms with Crippen LogP contribution in [0, 0.1) is 12.3 Å². The average molecular weight is 603 g/mol. The highest BCUT2D eigenvalue weighted by Gasteiger charge is 2.48. The Morgan fingerprint density at radius 1 is 1.00 bits per heavy atom. The highest BCUT2D eigenvalue weighted by Crippen LogP contribution is 2.47. The molecule has 1 aromatic heterocycles. The molecular formula is C34H40F2N6O2. The summed E-state index contributed by atoms with van der Waals surface area (Å²) < 4.78 is 34.0. The van der Waals surface area contributed by atoms with Gasteiger partial charge < -0.3 is 19.4 Å². The quantitative estimate of drug-likeness (QED) is 0.342. The van der Waals surface area contributed by atoms with Crippen molar-refractivity contribution in [1.29, 1.82) is 0 Å². The third-order valence-corrected chi connectivity index (χ3v) is 9.79. The maximum absolute atomic E-state index is 13.8. The first kappa shape index (κ1) is 29.0. The van der Waals surface area contributed by atoms with Crippen LogP contribution in [0.1, 0.15) is 36.1 Å². The number of carbonyl (C=O) groups is 1. The molecule has 7 rings (SSSR count). The van der Waals surface area contributed by atoms with Crippen LogP contribution in [0.5, 0.6) is 6.01 Å². The molecule has 10 heteroatoms. The summed E-state index contributed by atoms with van der Waals surface area (Å²) >= 11 is 0. The van der Waals surface area contributed by atoms with Crippen LogP contribution >= 0.6 is 0 Å². The van der Waals surface area contributed by atoms with Crippen LogP contribution < -0.4 is 14.5 Å². The Hall–Kier alpha value is -3.79. The van der Waals surface area contributed by atoms with Gasteiger partial charge in [0.05, 0.1) is 25.4 Å². The van der Waals surface area contributed by atoms with Crippen LogP contribution in [0.3, 0.4) is 0 Å². The molecule has 0 bridgehead atoms. The van der Waals surface area contributed by atoms with Crippen LogP contribution in [-0.2, 0) is 17.8 Å². The number of halogens is 2. The number of aromatic nitrogens is 2. The monoisotopic (exact) mass is 602 g/mol. The van der Waals surface area contributed by atoms with E-state index in [1.165, 1.54) is 28.1 Å². The van der Waals surface area contributed by atoms with E-state index in [1.807, 2.05) is 9.80 Å². The first-order valence-corrected chi connectivity index (χ1v) is 15.7. The second kappa shape index (κ2) is 11.3. The van der Waals surface area contributed by atoms with E-state index < -0.39 is 5.92 Å². The lowest BCUT2D eigenvalue weighted by molar-refractivity contribution is -0.126. The molecule has 3 fully saturated rings. The highest BCUT2D eigenvalue weighted by atomic mass is 19.3. The van der Waals surface area contributed by atoms with Gasteiger partial charge in [-0.05, 0) is 49.3 Å². The fraction of sp³-hybridized carbons (Fsp3) is 0.500. The predicted molar refractivity (Wildman–Crippen MR) is 168 cm³/mol. The summed E-state index contributed by atoms with van der Waals surface area (Å²) in [5, 5.41) is 2.48. The van der Waals surface area contributed by atoms with Crippen molar-refractivity contribution in [2.75, 3.05) is 68.8 Å². The molecular weight excluding hydrogens is 562 g/mol. The molecule has 44 heavy (non-hydrogen) atoms. The molecule has 2 saturated heterocycles. The molecule has 0 atom stereocenters. The molecule has 1 amide bonds. The summed E-state index contributed by atoms with van der Waals surface area (Å²) in [6.07, 6.45) is 4.02. The highest BCUT2D eigenvalue weighted by molar-refractivity contribution is 5.97. The number of anilines is 2. The van der Waals surface area contributed by atoms with Gasteiger partial charge in [0.2, 0.25) is 5.91 Å². The first-order valence-electron chi connectivity index (χ1n) is 15.7. The molecule has 8 nitrogen and oxygen atoms in total. The Balaban J connectivity index is 1.16. The Morgan fingerprint density at radius 3 is 2.48 bits per heavy atom. The van der Waals surface area contributed by atoms with E-state index in [1.54, 1.807) is 0 Å². The zero-order valence-electron chi connectivity index (χ0n) is 25.4.